The van der Waals surface area contributed by atoms with Crippen molar-refractivity contribution in [3.63, 3.8) is 0 Å². The van der Waals surface area contributed by atoms with Crippen LogP contribution < -0.4 is 0 Å². The minimum Gasteiger partial charge on any atom is -0.324 e. The van der Waals surface area contributed by atoms with Gasteiger partial charge in [0.15, 0.2) is 0 Å². The van der Waals surface area contributed by atoms with Gasteiger partial charge in [0.1, 0.15) is 18.4 Å². The van der Waals surface area contributed by atoms with Crippen LogP contribution in [0.2, 0.25) is 0 Å². The summed E-state index contributed by atoms with van der Waals surface area (Å²) in [5.41, 5.74) is 0. The highest BCUT2D eigenvalue weighted by molar-refractivity contribution is 7.52. The van der Waals surface area contributed by atoms with Crippen LogP contribution in [0.25, 0.3) is 0 Å². The van der Waals surface area contributed by atoms with E-state index in [9.17, 15) is 23.5 Å². The van der Waals surface area contributed by atoms with Crippen molar-refractivity contribution in [1.82, 2.24) is 14.7 Å². The van der Waals surface area contributed by atoms with Crippen molar-refractivity contribution >= 4 is 22.8 Å². The molecular weight excluding hydrogens is 399 g/mol. The number of hydrogen-bond donors (Lipinski definition) is 6. The lowest BCUT2D eigenvalue weighted by atomic mass is 10.4. The van der Waals surface area contributed by atoms with Crippen LogP contribution in [0.3, 0.4) is 0 Å². The molecule has 0 bridgehead atoms. The van der Waals surface area contributed by atoms with Gasteiger partial charge in [-0.25, -0.2) is 0 Å². The molecule has 0 aromatic carbocycles. The van der Waals surface area contributed by atoms with Crippen molar-refractivity contribution in [3.05, 3.63) is 0 Å². The molecule has 1 saturated heterocycles. The lowest BCUT2D eigenvalue weighted by molar-refractivity contribution is 0.192. The highest BCUT2D eigenvalue weighted by atomic mass is 31.2. The zero-order valence-electron chi connectivity index (χ0n) is 13.8. The molecule has 25 heavy (non-hydrogen) atoms. The molecule has 0 radical (unpaired) electrons. The van der Waals surface area contributed by atoms with E-state index in [2.05, 4.69) is 0 Å². The van der Waals surface area contributed by atoms with E-state index in [4.69, 9.17) is 19.6 Å². The molecule has 1 heterocycles. The Bertz CT molecular complexity index is 537. The third kappa shape index (κ3) is 9.72. The molecular formula is C10H26N3O9P3. The van der Waals surface area contributed by atoms with E-state index in [1.807, 2.05) is 0 Å². The molecule has 1 unspecified atom stereocenters. The largest absolute Gasteiger partial charge is 0.342 e. The van der Waals surface area contributed by atoms with Gasteiger partial charge in [0, 0.05) is 39.3 Å². The Kier molecular flexibility index (Phi) is 8.43. The topological polar surface area (TPSA) is 182 Å². The summed E-state index contributed by atoms with van der Waals surface area (Å²) in [7, 11) is -13.1. The van der Waals surface area contributed by atoms with E-state index < -0.39 is 41.1 Å². The van der Waals surface area contributed by atoms with Gasteiger partial charge in [-0.1, -0.05) is 0 Å². The first-order valence-corrected chi connectivity index (χ1v) is 12.8. The van der Waals surface area contributed by atoms with E-state index >= 15 is 0 Å². The third-order valence-corrected chi connectivity index (χ3v) is 6.76. The molecule has 6 N–H and O–H groups in total. The molecule has 0 spiro atoms. The van der Waals surface area contributed by atoms with E-state index in [1.165, 1.54) is 21.6 Å². The molecule has 12 nitrogen and oxygen atoms in total. The maximum Gasteiger partial charge on any atom is 0.342 e. The maximum absolute atomic E-state index is 11.5. The molecule has 1 rings (SSSR count). The molecule has 1 atom stereocenters. The molecule has 0 amide bonds. The quantitative estimate of drug-likeness (QED) is 0.277. The molecule has 0 aromatic rings. The summed E-state index contributed by atoms with van der Waals surface area (Å²) >= 11 is 0. The minimum absolute atomic E-state index is 0.163. The summed E-state index contributed by atoms with van der Waals surface area (Å²) in [5, 5.41) is 0. The van der Waals surface area contributed by atoms with Gasteiger partial charge in [-0.15, -0.1) is 0 Å². The summed E-state index contributed by atoms with van der Waals surface area (Å²) in [5.74, 6) is -1.11. The van der Waals surface area contributed by atoms with Crippen molar-refractivity contribution in [3.8, 4) is 0 Å². The summed E-state index contributed by atoms with van der Waals surface area (Å²) in [4.78, 5) is 59.7. The van der Waals surface area contributed by atoms with E-state index in [0.717, 1.165) is 0 Å². The number of rotatable bonds is 6. The van der Waals surface area contributed by atoms with E-state index in [-0.39, 0.29) is 39.3 Å². The second-order valence-electron chi connectivity index (χ2n) is 6.11. The summed E-state index contributed by atoms with van der Waals surface area (Å²) in [6.45, 7) is 2.34. The van der Waals surface area contributed by atoms with Crippen molar-refractivity contribution in [2.75, 3.05) is 51.8 Å². The normalized spacial score (nSPS) is 22.2. The zero-order valence-corrected chi connectivity index (χ0v) is 16.5. The van der Waals surface area contributed by atoms with E-state index in [1.54, 1.807) is 0 Å². The zero-order chi connectivity index (χ0) is 19.5. The fourth-order valence-corrected chi connectivity index (χ4v) is 4.81. The van der Waals surface area contributed by atoms with Crippen molar-refractivity contribution in [2.24, 2.45) is 0 Å². The SMILES string of the molecule is CC(N1CCN(CP(=O)(O)O)CCN(CP(=O)(O)O)CC1)P(=O)(O)O. The van der Waals surface area contributed by atoms with Crippen LogP contribution in [0.5, 0.6) is 0 Å². The highest BCUT2D eigenvalue weighted by Gasteiger charge is 2.32. The minimum atomic E-state index is -4.41. The fourth-order valence-electron chi connectivity index (χ4n) is 2.55. The third-order valence-electron chi connectivity index (χ3n) is 3.92. The smallest absolute Gasteiger partial charge is 0.324 e. The first kappa shape index (κ1) is 23.4. The van der Waals surface area contributed by atoms with Gasteiger partial charge in [0.2, 0.25) is 0 Å². The Labute approximate surface area is 145 Å². The highest BCUT2D eigenvalue weighted by Crippen LogP contribution is 2.43. The molecule has 0 aliphatic carbocycles. The van der Waals surface area contributed by atoms with E-state index in [0.29, 0.717) is 0 Å². The average molecular weight is 425 g/mol. The van der Waals surface area contributed by atoms with Crippen LogP contribution >= 0.6 is 22.8 Å². The molecule has 1 fully saturated rings. The summed E-state index contributed by atoms with van der Waals surface area (Å²) < 4.78 is 34.0. The molecule has 150 valence electrons. The summed E-state index contributed by atoms with van der Waals surface area (Å²) in [6.07, 6.45) is -1.07. The second kappa shape index (κ2) is 9.01. The Morgan fingerprint density at radius 1 is 0.720 bits per heavy atom. The molecule has 15 heteroatoms. The van der Waals surface area contributed by atoms with Crippen LogP contribution in [0.1, 0.15) is 6.92 Å². The van der Waals surface area contributed by atoms with Crippen molar-refractivity contribution in [1.29, 1.82) is 0 Å². The predicted molar refractivity (Wildman–Crippen MR) is 90.0 cm³/mol. The number of hydrogen-bond acceptors (Lipinski definition) is 6. The monoisotopic (exact) mass is 425 g/mol. The van der Waals surface area contributed by atoms with Gasteiger partial charge in [-0.05, 0) is 6.92 Å². The molecule has 0 aromatic heterocycles. The standard InChI is InChI=1S/C10H26N3O9P3/c1-10(25(20,21)22)13-6-4-11(8-23(14,15)16)2-3-12(5-7-13)9-24(17,18)19/h10H,2-9H2,1H3,(H2,14,15,16)(H2,17,18,19)(H2,20,21,22). The van der Waals surface area contributed by atoms with Gasteiger partial charge in [-0.2, -0.15) is 0 Å². The Hall–Kier alpha value is 0.330. The lowest BCUT2D eigenvalue weighted by Crippen LogP contribution is -2.41. The van der Waals surface area contributed by atoms with Crippen LogP contribution in [0.15, 0.2) is 0 Å². The van der Waals surface area contributed by atoms with Gasteiger partial charge < -0.3 is 29.4 Å². The van der Waals surface area contributed by atoms with Gasteiger partial charge in [0.25, 0.3) is 0 Å². The summed E-state index contributed by atoms with van der Waals surface area (Å²) in [6, 6.07) is 0. The van der Waals surface area contributed by atoms with Crippen LogP contribution in [-0.2, 0) is 13.7 Å². The van der Waals surface area contributed by atoms with Crippen LogP contribution in [-0.4, -0.2) is 102 Å². The predicted octanol–water partition coefficient (Wildman–Crippen LogP) is -1.30. The average Bonchev–Trinajstić information content (AvgIpc) is 2.46. The maximum atomic E-state index is 11.5. The Morgan fingerprint density at radius 3 is 1.32 bits per heavy atom. The Morgan fingerprint density at radius 2 is 1.04 bits per heavy atom. The number of nitrogens with zero attached hydrogens (tertiary/aromatic N) is 3. The van der Waals surface area contributed by atoms with Crippen molar-refractivity contribution < 1.29 is 43.1 Å². The fraction of sp³-hybridized carbons (Fsp3) is 1.00. The Balaban J connectivity index is 2.94. The first-order chi connectivity index (χ1) is 11.2. The lowest BCUT2D eigenvalue weighted by Gasteiger charge is -2.31. The molecule has 0 saturated carbocycles. The van der Waals surface area contributed by atoms with Gasteiger partial charge >= 0.3 is 22.8 Å². The van der Waals surface area contributed by atoms with Gasteiger partial charge in [0.05, 0.1) is 0 Å². The first-order valence-electron chi connectivity index (χ1n) is 7.50. The molecule has 1 aliphatic heterocycles. The van der Waals surface area contributed by atoms with Crippen molar-refractivity contribution in [2.45, 2.75) is 12.7 Å². The second-order valence-corrected chi connectivity index (χ2v) is 11.3. The van der Waals surface area contributed by atoms with Crippen LogP contribution in [0, 0.1) is 0 Å². The van der Waals surface area contributed by atoms with Crippen LogP contribution in [0.4, 0.5) is 0 Å². The van der Waals surface area contributed by atoms with Gasteiger partial charge in [-0.3, -0.25) is 28.4 Å². The molecule has 1 aliphatic rings.